The Morgan fingerprint density at radius 1 is 1.37 bits per heavy atom. The van der Waals surface area contributed by atoms with Crippen LogP contribution in [0.5, 0.6) is 0 Å². The number of halogens is 1. The van der Waals surface area contributed by atoms with Gasteiger partial charge in [-0.1, -0.05) is 24.6 Å². The van der Waals surface area contributed by atoms with Gasteiger partial charge >= 0.3 is 0 Å². The fourth-order valence-electron chi connectivity index (χ4n) is 2.69. The number of nitrogens with zero attached hydrogens (tertiary/aromatic N) is 2. The molecular formula is C15H24ClN3. The van der Waals surface area contributed by atoms with E-state index in [2.05, 4.69) is 47.3 Å². The predicted molar refractivity (Wildman–Crippen MR) is 83.1 cm³/mol. The van der Waals surface area contributed by atoms with Gasteiger partial charge in [0.15, 0.2) is 0 Å². The molecule has 0 bridgehead atoms. The molecule has 0 aliphatic carbocycles. The topological polar surface area (TPSA) is 18.5 Å². The number of likely N-dealkylation sites (N-methyl/N-ethyl adjacent to an activating group) is 1. The first-order valence-corrected chi connectivity index (χ1v) is 7.41. The summed E-state index contributed by atoms with van der Waals surface area (Å²) in [7, 11) is 4.16. The molecule has 1 heterocycles. The first-order chi connectivity index (χ1) is 9.15. The molecule has 2 rings (SSSR count). The smallest absolute Gasteiger partial charge is 0.0471 e. The summed E-state index contributed by atoms with van der Waals surface area (Å²) in [6.45, 7) is 6.37. The van der Waals surface area contributed by atoms with Gasteiger partial charge < -0.3 is 10.2 Å². The van der Waals surface area contributed by atoms with Crippen LogP contribution in [0.2, 0.25) is 5.02 Å². The number of benzene rings is 1. The number of hydrogen-bond acceptors (Lipinski definition) is 3. The molecule has 1 saturated heterocycles. The Morgan fingerprint density at radius 2 is 2.16 bits per heavy atom. The fourth-order valence-corrected chi connectivity index (χ4v) is 2.93. The van der Waals surface area contributed by atoms with Crippen LogP contribution in [0.3, 0.4) is 0 Å². The highest BCUT2D eigenvalue weighted by atomic mass is 35.5. The number of anilines is 1. The average Bonchev–Trinajstić information content (AvgIpc) is 2.42. The van der Waals surface area contributed by atoms with Crippen LogP contribution in [0.4, 0.5) is 5.69 Å². The lowest BCUT2D eigenvalue weighted by atomic mass is 10.1. The van der Waals surface area contributed by atoms with Crippen molar-refractivity contribution in [2.45, 2.75) is 25.9 Å². The number of piperazine rings is 1. The van der Waals surface area contributed by atoms with Crippen LogP contribution in [0.15, 0.2) is 18.2 Å². The Bertz CT molecular complexity index is 422. The van der Waals surface area contributed by atoms with E-state index < -0.39 is 0 Å². The molecule has 1 aliphatic rings. The van der Waals surface area contributed by atoms with E-state index in [-0.39, 0.29) is 0 Å². The SMILES string of the molecule is CCC1CN(c2ccc(CNC)c(Cl)c2)CCN1C. The Balaban J connectivity index is 2.11. The van der Waals surface area contributed by atoms with Gasteiger partial charge in [0.25, 0.3) is 0 Å². The van der Waals surface area contributed by atoms with Crippen LogP contribution < -0.4 is 10.2 Å². The molecule has 3 nitrogen and oxygen atoms in total. The maximum Gasteiger partial charge on any atom is 0.0471 e. The monoisotopic (exact) mass is 281 g/mol. The lowest BCUT2D eigenvalue weighted by Crippen LogP contribution is -2.51. The second-order valence-corrected chi connectivity index (χ2v) is 5.70. The number of nitrogens with one attached hydrogen (secondary N) is 1. The quantitative estimate of drug-likeness (QED) is 0.915. The fraction of sp³-hybridized carbons (Fsp3) is 0.600. The third-order valence-corrected chi connectivity index (χ3v) is 4.37. The zero-order valence-electron chi connectivity index (χ0n) is 12.1. The van der Waals surface area contributed by atoms with Crippen LogP contribution in [-0.4, -0.2) is 44.7 Å². The predicted octanol–water partition coefficient (Wildman–Crippen LogP) is 2.59. The molecule has 0 amide bonds. The van der Waals surface area contributed by atoms with Crippen LogP contribution in [-0.2, 0) is 6.54 Å². The van der Waals surface area contributed by atoms with Gasteiger partial charge in [0.2, 0.25) is 0 Å². The van der Waals surface area contributed by atoms with Gasteiger partial charge in [0.05, 0.1) is 0 Å². The van der Waals surface area contributed by atoms with Crippen LogP contribution in [0, 0.1) is 0 Å². The molecule has 1 aromatic carbocycles. The summed E-state index contributed by atoms with van der Waals surface area (Å²) in [4.78, 5) is 4.90. The highest BCUT2D eigenvalue weighted by Gasteiger charge is 2.23. The Kier molecular flexibility index (Phi) is 5.08. The molecule has 1 atom stereocenters. The second kappa shape index (κ2) is 6.60. The van der Waals surface area contributed by atoms with E-state index in [1.165, 1.54) is 12.1 Å². The van der Waals surface area contributed by atoms with Crippen LogP contribution in [0.1, 0.15) is 18.9 Å². The van der Waals surface area contributed by atoms with E-state index in [4.69, 9.17) is 11.6 Å². The van der Waals surface area contributed by atoms with Gasteiger partial charge in [0.1, 0.15) is 0 Å². The summed E-state index contributed by atoms with van der Waals surface area (Å²) in [5.41, 5.74) is 2.41. The van der Waals surface area contributed by atoms with Gasteiger partial charge in [-0.05, 0) is 38.2 Å². The number of hydrogen-bond donors (Lipinski definition) is 1. The first-order valence-electron chi connectivity index (χ1n) is 7.04. The van der Waals surface area contributed by atoms with E-state index in [1.807, 2.05) is 7.05 Å². The number of rotatable bonds is 4. The third-order valence-electron chi connectivity index (χ3n) is 4.02. The van der Waals surface area contributed by atoms with Gasteiger partial charge in [-0.3, -0.25) is 4.90 Å². The molecule has 19 heavy (non-hydrogen) atoms. The zero-order chi connectivity index (χ0) is 13.8. The van der Waals surface area contributed by atoms with E-state index in [0.717, 1.165) is 36.8 Å². The van der Waals surface area contributed by atoms with Crippen molar-refractivity contribution in [2.75, 3.05) is 38.6 Å². The second-order valence-electron chi connectivity index (χ2n) is 5.29. The van der Waals surface area contributed by atoms with E-state index in [1.54, 1.807) is 0 Å². The molecule has 1 N–H and O–H groups in total. The summed E-state index contributed by atoms with van der Waals surface area (Å²) in [6.07, 6.45) is 1.19. The standard InChI is InChI=1S/C15H24ClN3/c1-4-13-11-19(8-7-18(13)3)14-6-5-12(10-17-2)15(16)9-14/h5-6,9,13,17H,4,7-8,10-11H2,1-3H3. The molecule has 1 unspecified atom stereocenters. The van der Waals surface area contributed by atoms with Crippen molar-refractivity contribution in [3.8, 4) is 0 Å². The summed E-state index contributed by atoms with van der Waals surface area (Å²) in [6, 6.07) is 7.07. The van der Waals surface area contributed by atoms with Gasteiger partial charge in [-0.25, -0.2) is 0 Å². The summed E-state index contributed by atoms with van der Waals surface area (Å²) < 4.78 is 0. The van der Waals surface area contributed by atoms with Crippen molar-refractivity contribution in [3.05, 3.63) is 28.8 Å². The lowest BCUT2D eigenvalue weighted by molar-refractivity contribution is 0.213. The zero-order valence-corrected chi connectivity index (χ0v) is 12.9. The lowest BCUT2D eigenvalue weighted by Gasteiger charge is -2.40. The molecule has 1 aliphatic heterocycles. The highest BCUT2D eigenvalue weighted by molar-refractivity contribution is 6.31. The third kappa shape index (κ3) is 3.41. The van der Waals surface area contributed by atoms with Crippen LogP contribution in [0.25, 0.3) is 0 Å². The normalized spacial score (nSPS) is 20.8. The van der Waals surface area contributed by atoms with E-state index >= 15 is 0 Å². The van der Waals surface area contributed by atoms with Gasteiger partial charge in [-0.2, -0.15) is 0 Å². The van der Waals surface area contributed by atoms with Gasteiger partial charge in [-0.15, -0.1) is 0 Å². The minimum atomic E-state index is 0.643. The molecular weight excluding hydrogens is 258 g/mol. The summed E-state index contributed by atoms with van der Waals surface area (Å²) in [5.74, 6) is 0. The van der Waals surface area contributed by atoms with Crippen molar-refractivity contribution in [2.24, 2.45) is 0 Å². The maximum absolute atomic E-state index is 6.35. The molecule has 1 aromatic rings. The molecule has 4 heteroatoms. The van der Waals surface area contributed by atoms with Crippen LogP contribution >= 0.6 is 11.6 Å². The molecule has 0 aromatic heterocycles. The Morgan fingerprint density at radius 3 is 2.79 bits per heavy atom. The summed E-state index contributed by atoms with van der Waals surface area (Å²) >= 11 is 6.35. The molecule has 0 saturated carbocycles. The molecule has 0 radical (unpaired) electrons. The first kappa shape index (κ1) is 14.6. The maximum atomic E-state index is 6.35. The van der Waals surface area contributed by atoms with Crippen molar-refractivity contribution in [3.63, 3.8) is 0 Å². The Hall–Kier alpha value is -0.770. The van der Waals surface area contributed by atoms with Crippen molar-refractivity contribution < 1.29 is 0 Å². The van der Waals surface area contributed by atoms with E-state index in [0.29, 0.717) is 6.04 Å². The van der Waals surface area contributed by atoms with Crippen molar-refractivity contribution in [1.82, 2.24) is 10.2 Å². The largest absolute Gasteiger partial charge is 0.369 e. The highest BCUT2D eigenvalue weighted by Crippen LogP contribution is 2.26. The molecule has 106 valence electrons. The molecule has 0 spiro atoms. The van der Waals surface area contributed by atoms with Gasteiger partial charge in [0, 0.05) is 42.9 Å². The Labute approximate surface area is 121 Å². The minimum Gasteiger partial charge on any atom is -0.369 e. The summed E-state index contributed by atoms with van der Waals surface area (Å²) in [5, 5.41) is 4.00. The van der Waals surface area contributed by atoms with E-state index in [9.17, 15) is 0 Å². The molecule has 1 fully saturated rings. The van der Waals surface area contributed by atoms with Crippen molar-refractivity contribution >= 4 is 17.3 Å². The van der Waals surface area contributed by atoms with Crippen molar-refractivity contribution in [1.29, 1.82) is 0 Å². The minimum absolute atomic E-state index is 0.643. The average molecular weight is 282 g/mol.